The average molecular weight is 152 g/mol. The van der Waals surface area contributed by atoms with Crippen molar-refractivity contribution in [3.63, 3.8) is 0 Å². The number of rotatable bonds is 0. The van der Waals surface area contributed by atoms with Crippen LogP contribution in [0.5, 0.6) is 0 Å². The monoisotopic (exact) mass is 152 g/mol. The maximum atomic E-state index is 1.70. The normalized spacial score (nSPS) is 26.7. The Hall–Kier alpha value is 1.03. The van der Waals surface area contributed by atoms with E-state index in [0.29, 0.717) is 18.1 Å². The molecule has 9 heavy (non-hydrogen) atoms. The molecule has 1 aliphatic heterocycles. The van der Waals surface area contributed by atoms with Gasteiger partial charge in [0.05, 0.1) is 0 Å². The van der Waals surface area contributed by atoms with Gasteiger partial charge in [0, 0.05) is 18.1 Å². The van der Waals surface area contributed by atoms with Crippen molar-refractivity contribution in [3.05, 3.63) is 0 Å². The summed E-state index contributed by atoms with van der Waals surface area (Å²) in [5.74, 6) is 0. The Morgan fingerprint density at radius 2 is 1.11 bits per heavy atom. The molecule has 0 nitrogen and oxygen atoms in total. The molecule has 0 aliphatic carbocycles. The van der Waals surface area contributed by atoms with E-state index in [9.17, 15) is 0 Å². The predicted octanol–water partition coefficient (Wildman–Crippen LogP) is 0.00110. The molecular weight excluding hydrogens is 135 g/mol. The van der Waals surface area contributed by atoms with E-state index in [0.717, 1.165) is 0 Å². The zero-order valence-electron chi connectivity index (χ0n) is 5.66. The second kappa shape index (κ2) is 7.14. The minimum absolute atomic E-state index is 0. The Bertz CT molecular complexity index is 35.0. The summed E-state index contributed by atoms with van der Waals surface area (Å²) >= 11 is 0. The van der Waals surface area contributed by atoms with E-state index < -0.39 is 0 Å². The molecule has 0 aromatic heterocycles. The predicted molar refractivity (Wildman–Crippen MR) is 52.3 cm³/mol. The van der Waals surface area contributed by atoms with Gasteiger partial charge in [-0.1, -0.05) is 37.8 Å². The van der Waals surface area contributed by atoms with Gasteiger partial charge in [0.15, 0.2) is 0 Å². The first-order chi connectivity index (χ1) is 4.00. The Balaban J connectivity index is 0.000000640. The van der Waals surface area contributed by atoms with Gasteiger partial charge in [0.2, 0.25) is 0 Å². The maximum absolute atomic E-state index is 1.70. The van der Waals surface area contributed by atoms with E-state index in [1.54, 1.807) is 37.8 Å². The topological polar surface area (TPSA) is 0 Å². The summed E-state index contributed by atoms with van der Waals surface area (Å²) in [5, 5.41) is 0. The molecule has 0 bridgehead atoms. The zero-order valence-corrected chi connectivity index (χ0v) is 8.49. The van der Waals surface area contributed by atoms with E-state index in [1.807, 2.05) is 0 Å². The first-order valence-electron chi connectivity index (χ1n) is 4.00. The standard InChI is InChI=1S/C6H16Si2.Li.H/c1-2-4-6-8-7-5-3-1;;/h1-8H2;;. The first-order valence-corrected chi connectivity index (χ1v) is 10.00. The van der Waals surface area contributed by atoms with E-state index >= 15 is 0 Å². The molecule has 1 saturated heterocycles. The van der Waals surface area contributed by atoms with Crippen molar-refractivity contribution in [2.75, 3.05) is 0 Å². The van der Waals surface area contributed by atoms with Crippen molar-refractivity contribution < 1.29 is 0 Å². The van der Waals surface area contributed by atoms with Gasteiger partial charge in [-0.05, 0) is 0 Å². The number of hydrogen-bond donors (Lipinski definition) is 0. The van der Waals surface area contributed by atoms with Gasteiger partial charge in [-0.15, -0.1) is 0 Å². The Morgan fingerprint density at radius 3 is 1.56 bits per heavy atom. The Labute approximate surface area is 74.8 Å². The van der Waals surface area contributed by atoms with Crippen molar-refractivity contribution in [3.8, 4) is 0 Å². The van der Waals surface area contributed by atoms with Crippen LogP contribution in [0.1, 0.15) is 25.7 Å². The van der Waals surface area contributed by atoms with Gasteiger partial charge >= 0.3 is 18.9 Å². The average Bonchev–Trinajstić information content (AvgIpc) is 1.62. The molecule has 1 aliphatic rings. The van der Waals surface area contributed by atoms with Crippen LogP contribution in [0.15, 0.2) is 0 Å². The van der Waals surface area contributed by atoms with E-state index in [1.165, 1.54) is 0 Å². The SMILES string of the molecule is C1CCC[SiH2][SiH2]CC1.[LiH]. The van der Waals surface area contributed by atoms with E-state index in [-0.39, 0.29) is 18.9 Å². The summed E-state index contributed by atoms with van der Waals surface area (Å²) in [6.45, 7) is 0. The van der Waals surface area contributed by atoms with Gasteiger partial charge in [-0.3, -0.25) is 0 Å². The Kier molecular flexibility index (Phi) is 7.96. The summed E-state index contributed by atoms with van der Waals surface area (Å²) in [6, 6.07) is 3.40. The van der Waals surface area contributed by atoms with Crippen LogP contribution in [-0.2, 0) is 0 Å². The molecule has 0 saturated carbocycles. The van der Waals surface area contributed by atoms with Crippen LogP contribution in [0.4, 0.5) is 0 Å². The molecule has 1 heterocycles. The molecule has 3 heteroatoms. The molecule has 0 atom stereocenters. The van der Waals surface area contributed by atoms with Crippen molar-refractivity contribution in [2.24, 2.45) is 0 Å². The molecule has 0 N–H and O–H groups in total. The third-order valence-electron chi connectivity index (χ3n) is 2.00. The number of hydrogen-bond acceptors (Lipinski definition) is 0. The van der Waals surface area contributed by atoms with Gasteiger partial charge < -0.3 is 0 Å². The molecule has 50 valence electrons. The van der Waals surface area contributed by atoms with Gasteiger partial charge in [0.25, 0.3) is 0 Å². The molecule has 0 spiro atoms. The van der Waals surface area contributed by atoms with Gasteiger partial charge in [-0.25, -0.2) is 0 Å². The van der Waals surface area contributed by atoms with E-state index in [2.05, 4.69) is 0 Å². The summed E-state index contributed by atoms with van der Waals surface area (Å²) in [7, 11) is 1.18. The van der Waals surface area contributed by atoms with Crippen molar-refractivity contribution in [2.45, 2.75) is 37.8 Å². The molecule has 0 aromatic carbocycles. The second-order valence-electron chi connectivity index (χ2n) is 2.83. The summed E-state index contributed by atoms with van der Waals surface area (Å²) in [4.78, 5) is 0. The van der Waals surface area contributed by atoms with Crippen LogP contribution >= 0.6 is 0 Å². The van der Waals surface area contributed by atoms with E-state index in [4.69, 9.17) is 0 Å². The van der Waals surface area contributed by atoms with Crippen LogP contribution in [0.3, 0.4) is 0 Å². The van der Waals surface area contributed by atoms with Crippen LogP contribution in [-0.4, -0.2) is 36.9 Å². The third-order valence-corrected chi connectivity index (χ3v) is 9.00. The summed E-state index contributed by atoms with van der Waals surface area (Å²) in [5.41, 5.74) is 0. The minimum atomic E-state index is 0. The fourth-order valence-corrected chi connectivity index (χ4v) is 7.78. The summed E-state index contributed by atoms with van der Waals surface area (Å²) < 4.78 is 0. The fourth-order valence-electron chi connectivity index (χ4n) is 1.41. The zero-order chi connectivity index (χ0) is 5.66. The van der Waals surface area contributed by atoms with Crippen LogP contribution in [0.25, 0.3) is 0 Å². The fraction of sp³-hybridized carbons (Fsp3) is 1.00. The second-order valence-corrected chi connectivity index (χ2v) is 9.90. The van der Waals surface area contributed by atoms with Crippen LogP contribution < -0.4 is 0 Å². The van der Waals surface area contributed by atoms with Gasteiger partial charge in [-0.2, -0.15) is 0 Å². The van der Waals surface area contributed by atoms with Gasteiger partial charge in [0.1, 0.15) is 0 Å². The third kappa shape index (κ3) is 5.47. The molecule has 0 aromatic rings. The van der Waals surface area contributed by atoms with Crippen molar-refractivity contribution in [1.29, 1.82) is 0 Å². The van der Waals surface area contributed by atoms with Crippen LogP contribution in [0.2, 0.25) is 12.1 Å². The van der Waals surface area contributed by atoms with Crippen molar-refractivity contribution >= 4 is 36.9 Å². The quantitative estimate of drug-likeness (QED) is 0.429. The molecule has 0 unspecified atom stereocenters. The Morgan fingerprint density at radius 1 is 0.667 bits per heavy atom. The van der Waals surface area contributed by atoms with Crippen molar-refractivity contribution in [1.82, 2.24) is 0 Å². The molecule has 0 radical (unpaired) electrons. The molecule has 1 fully saturated rings. The molecular formula is C6H17LiSi2. The molecule has 1 rings (SSSR count). The van der Waals surface area contributed by atoms with Crippen LogP contribution in [0, 0.1) is 0 Å². The summed E-state index contributed by atoms with van der Waals surface area (Å²) in [6.07, 6.45) is 6.31. The molecule has 0 amide bonds. The first kappa shape index (κ1) is 10.0.